The highest BCUT2D eigenvalue weighted by Crippen LogP contribution is 2.40. The third kappa shape index (κ3) is 3.89. The first-order valence-corrected chi connectivity index (χ1v) is 8.13. The lowest BCUT2D eigenvalue weighted by Crippen LogP contribution is -2.43. The summed E-state index contributed by atoms with van der Waals surface area (Å²) < 4.78 is 0. The maximum atomic E-state index is 4.68. The molecule has 0 aromatic rings. The van der Waals surface area contributed by atoms with Gasteiger partial charge >= 0.3 is 0 Å². The molecule has 2 rings (SSSR count). The van der Waals surface area contributed by atoms with Crippen LogP contribution in [0.25, 0.3) is 0 Å². The molecule has 100 valence electrons. The Kier molecular flexibility index (Phi) is 4.82. The Balaban J connectivity index is 1.94. The molecule has 17 heavy (non-hydrogen) atoms. The molecule has 2 fully saturated rings. The highest BCUT2D eigenvalue weighted by molar-refractivity contribution is 7.80. The second-order valence-corrected chi connectivity index (χ2v) is 7.09. The molecule has 0 unspecified atom stereocenters. The minimum atomic E-state index is 0.541. The highest BCUT2D eigenvalue weighted by atomic mass is 32.1. The largest absolute Gasteiger partial charge is 0.300 e. The fourth-order valence-electron chi connectivity index (χ4n) is 3.35. The molecule has 0 aliphatic heterocycles. The second-order valence-electron chi connectivity index (χ2n) is 6.77. The predicted molar refractivity (Wildman–Crippen MR) is 78.8 cm³/mol. The molecule has 2 aliphatic rings. The Morgan fingerprint density at radius 2 is 1.82 bits per heavy atom. The predicted octanol–water partition coefficient (Wildman–Crippen LogP) is 3.99. The van der Waals surface area contributed by atoms with E-state index in [0.717, 1.165) is 17.7 Å². The van der Waals surface area contributed by atoms with Crippen molar-refractivity contribution >= 4 is 12.6 Å². The van der Waals surface area contributed by atoms with Crippen molar-refractivity contribution in [2.45, 2.75) is 64.8 Å². The fraction of sp³-hybridized carbons (Fsp3) is 1.00. The minimum absolute atomic E-state index is 0.541. The summed E-state index contributed by atoms with van der Waals surface area (Å²) >= 11 is 4.68. The lowest BCUT2D eigenvalue weighted by molar-refractivity contribution is 0.110. The van der Waals surface area contributed by atoms with Crippen LogP contribution in [0.15, 0.2) is 0 Å². The quantitative estimate of drug-likeness (QED) is 0.703. The van der Waals surface area contributed by atoms with Crippen molar-refractivity contribution in [2.24, 2.45) is 11.3 Å². The van der Waals surface area contributed by atoms with Crippen LogP contribution in [0, 0.1) is 11.3 Å². The maximum absolute atomic E-state index is 4.68. The van der Waals surface area contributed by atoms with Crippen molar-refractivity contribution in [3.8, 4) is 0 Å². The van der Waals surface area contributed by atoms with Gasteiger partial charge in [0.25, 0.3) is 0 Å². The maximum Gasteiger partial charge on any atom is 0.00967 e. The van der Waals surface area contributed by atoms with Gasteiger partial charge in [0, 0.05) is 19.1 Å². The van der Waals surface area contributed by atoms with Crippen molar-refractivity contribution < 1.29 is 0 Å². The average Bonchev–Trinajstić information content (AvgIpc) is 3.13. The third-order valence-electron chi connectivity index (χ3n) is 4.45. The van der Waals surface area contributed by atoms with Crippen molar-refractivity contribution in [2.75, 3.05) is 18.8 Å². The zero-order chi connectivity index (χ0) is 12.3. The van der Waals surface area contributed by atoms with E-state index in [4.69, 9.17) is 0 Å². The first-order valence-electron chi connectivity index (χ1n) is 7.50. The van der Waals surface area contributed by atoms with E-state index in [0.29, 0.717) is 5.41 Å². The van der Waals surface area contributed by atoms with Gasteiger partial charge in [0.2, 0.25) is 0 Å². The van der Waals surface area contributed by atoms with Crippen molar-refractivity contribution in [1.82, 2.24) is 4.90 Å². The van der Waals surface area contributed by atoms with Gasteiger partial charge in [0.05, 0.1) is 0 Å². The molecular formula is C15H29NS. The lowest BCUT2D eigenvalue weighted by atomic mass is 9.75. The number of nitrogens with zero attached hydrogens (tertiary/aromatic N) is 1. The second kappa shape index (κ2) is 5.97. The Hall–Kier alpha value is 0.310. The summed E-state index contributed by atoms with van der Waals surface area (Å²) in [5.74, 6) is 1.89. The van der Waals surface area contributed by atoms with Gasteiger partial charge in [0.1, 0.15) is 0 Å². The van der Waals surface area contributed by atoms with Crippen LogP contribution in [0.1, 0.15) is 58.8 Å². The molecule has 2 heteroatoms. The molecule has 0 aromatic heterocycles. The van der Waals surface area contributed by atoms with Crippen LogP contribution in [0.2, 0.25) is 0 Å². The van der Waals surface area contributed by atoms with Gasteiger partial charge in [-0.1, -0.05) is 33.1 Å². The molecule has 0 heterocycles. The standard InChI is InChI=1S/C15H29NS/c1-13(2)10-16(14-6-7-14)11-15(12-17)8-4-3-5-9-15/h13-14,17H,3-12H2,1-2H3. The van der Waals surface area contributed by atoms with Crippen LogP contribution >= 0.6 is 12.6 Å². The first-order chi connectivity index (χ1) is 8.15. The Labute approximate surface area is 113 Å². The van der Waals surface area contributed by atoms with Gasteiger partial charge in [-0.25, -0.2) is 0 Å². The van der Waals surface area contributed by atoms with Crippen LogP contribution in [-0.4, -0.2) is 29.8 Å². The molecule has 2 saturated carbocycles. The molecule has 0 amide bonds. The molecule has 0 radical (unpaired) electrons. The molecule has 1 nitrogen and oxygen atoms in total. The SMILES string of the molecule is CC(C)CN(CC1(CS)CCCCC1)C1CC1. The smallest absolute Gasteiger partial charge is 0.00967 e. The van der Waals surface area contributed by atoms with Crippen molar-refractivity contribution in [1.29, 1.82) is 0 Å². The minimum Gasteiger partial charge on any atom is -0.300 e. The first kappa shape index (κ1) is 13.7. The summed E-state index contributed by atoms with van der Waals surface area (Å²) in [5.41, 5.74) is 0.541. The number of hydrogen-bond acceptors (Lipinski definition) is 2. The summed E-state index contributed by atoms with van der Waals surface area (Å²) in [6, 6.07) is 0.913. The summed E-state index contributed by atoms with van der Waals surface area (Å²) in [6.07, 6.45) is 10.0. The third-order valence-corrected chi connectivity index (χ3v) is 5.12. The van der Waals surface area contributed by atoms with E-state index in [9.17, 15) is 0 Å². The normalized spacial score (nSPS) is 24.5. The molecule has 0 bridgehead atoms. The van der Waals surface area contributed by atoms with Crippen molar-refractivity contribution in [3.05, 3.63) is 0 Å². The highest BCUT2D eigenvalue weighted by Gasteiger charge is 2.37. The van der Waals surface area contributed by atoms with Gasteiger partial charge in [-0.2, -0.15) is 12.6 Å². The van der Waals surface area contributed by atoms with Crippen molar-refractivity contribution in [3.63, 3.8) is 0 Å². The van der Waals surface area contributed by atoms with Gasteiger partial charge in [0.15, 0.2) is 0 Å². The van der Waals surface area contributed by atoms with Crippen LogP contribution in [-0.2, 0) is 0 Å². The number of rotatable bonds is 6. The molecule has 0 spiro atoms. The zero-order valence-corrected chi connectivity index (χ0v) is 12.5. The van der Waals surface area contributed by atoms with E-state index in [1.54, 1.807) is 0 Å². The molecular weight excluding hydrogens is 226 g/mol. The molecule has 0 N–H and O–H groups in total. The average molecular weight is 255 g/mol. The molecule has 0 atom stereocenters. The van der Waals surface area contributed by atoms with Crippen LogP contribution in [0.4, 0.5) is 0 Å². The molecule has 0 aromatic carbocycles. The molecule has 0 saturated heterocycles. The van der Waals surface area contributed by atoms with Gasteiger partial charge in [-0.15, -0.1) is 0 Å². The zero-order valence-electron chi connectivity index (χ0n) is 11.6. The number of thiol groups is 1. The van der Waals surface area contributed by atoms with E-state index >= 15 is 0 Å². The van der Waals surface area contributed by atoms with E-state index in [1.165, 1.54) is 58.0 Å². The summed E-state index contributed by atoms with van der Waals surface area (Å²) in [4.78, 5) is 2.78. The monoisotopic (exact) mass is 255 g/mol. The van der Waals surface area contributed by atoms with Crippen LogP contribution in [0.5, 0.6) is 0 Å². The Bertz CT molecular complexity index is 229. The Morgan fingerprint density at radius 1 is 1.18 bits per heavy atom. The fourth-order valence-corrected chi connectivity index (χ4v) is 3.77. The topological polar surface area (TPSA) is 3.24 Å². The summed E-state index contributed by atoms with van der Waals surface area (Å²) in [5, 5.41) is 0. The Morgan fingerprint density at radius 3 is 2.29 bits per heavy atom. The summed E-state index contributed by atoms with van der Waals surface area (Å²) in [6.45, 7) is 7.31. The lowest BCUT2D eigenvalue weighted by Gasteiger charge is -2.41. The van der Waals surface area contributed by atoms with E-state index in [2.05, 4.69) is 31.4 Å². The van der Waals surface area contributed by atoms with Gasteiger partial charge in [-0.05, 0) is 42.8 Å². The van der Waals surface area contributed by atoms with E-state index < -0.39 is 0 Å². The van der Waals surface area contributed by atoms with Gasteiger partial charge < -0.3 is 0 Å². The van der Waals surface area contributed by atoms with Crippen LogP contribution < -0.4 is 0 Å². The van der Waals surface area contributed by atoms with Crippen LogP contribution in [0.3, 0.4) is 0 Å². The summed E-state index contributed by atoms with van der Waals surface area (Å²) in [7, 11) is 0. The molecule has 2 aliphatic carbocycles. The van der Waals surface area contributed by atoms with E-state index in [1.807, 2.05) is 0 Å². The number of hydrogen-bond donors (Lipinski definition) is 1. The van der Waals surface area contributed by atoms with E-state index in [-0.39, 0.29) is 0 Å². The van der Waals surface area contributed by atoms with Gasteiger partial charge in [-0.3, -0.25) is 4.90 Å².